The minimum Gasteiger partial charge on any atom is -0.454 e. The smallest absolute Gasteiger partial charge is 0.306 e. The average Bonchev–Trinajstić information content (AvgIpc) is 3.52. The van der Waals surface area contributed by atoms with Crippen LogP contribution in [0.15, 0.2) is 85.1 Å². The molecular weight excluding hydrogens is 1040 g/mol. The van der Waals surface area contributed by atoms with Gasteiger partial charge < -0.3 is 45.1 Å². The highest BCUT2D eigenvalue weighted by atomic mass is 16.7. The Hall–Kier alpha value is -3.16. The number of amides is 1. The van der Waals surface area contributed by atoms with Crippen LogP contribution < -0.4 is 5.32 Å². The first-order valence-electron chi connectivity index (χ1n) is 34.4. The number of ether oxygens (including phenoxy) is 3. The van der Waals surface area contributed by atoms with E-state index in [2.05, 4.69) is 32.2 Å². The molecule has 0 spiro atoms. The predicted molar refractivity (Wildman–Crippen MR) is 347 cm³/mol. The van der Waals surface area contributed by atoms with Crippen LogP contribution in [0.4, 0.5) is 0 Å². The standard InChI is InChI=1S/C72H127NO10/c1-4-7-10-13-16-19-22-24-26-28-29-30-31-32-33-34-35-36-37-38-40-42-45-48-51-54-57-60-67(77)83-70-69(79)68(78)66(61-74)82-72(70)81-62-63(64(75)58-55-52-49-46-43-21-18-15-12-9-6-3)73-71(80)65(76)59-56-53-50-47-44-41-39-27-25-23-20-17-14-11-8-5-2/h8,11,14,17,20,23,25,27,39,41,44,47,55,58,63-66,68-70,72,74-76,78-79H,4-7,9-10,12-13,15-16,18-19,21-22,24,26,28-38,40,42-43,45-46,48-54,56-57,59-62H2,1-3H3,(H,73,80)/b11-8-,17-14+,23-20+,27-25-,41-39+,47-44+,58-55+. The molecule has 0 aliphatic carbocycles. The first-order valence-corrected chi connectivity index (χ1v) is 34.4. The summed E-state index contributed by atoms with van der Waals surface area (Å²) in [5.74, 6) is -1.24. The largest absolute Gasteiger partial charge is 0.454 e. The Balaban J connectivity index is 2.55. The summed E-state index contributed by atoms with van der Waals surface area (Å²) in [6.07, 6.45) is 67.9. The fourth-order valence-electron chi connectivity index (χ4n) is 10.6. The number of hydrogen-bond donors (Lipinski definition) is 6. The zero-order valence-corrected chi connectivity index (χ0v) is 53.3. The molecule has 0 aromatic rings. The van der Waals surface area contributed by atoms with Crippen molar-refractivity contribution in [2.45, 2.75) is 346 Å². The second-order valence-electron chi connectivity index (χ2n) is 23.7. The van der Waals surface area contributed by atoms with Gasteiger partial charge >= 0.3 is 5.97 Å². The van der Waals surface area contributed by atoms with Crippen molar-refractivity contribution in [3.8, 4) is 0 Å². The monoisotopic (exact) mass is 1170 g/mol. The quantitative estimate of drug-likeness (QED) is 0.0149. The summed E-state index contributed by atoms with van der Waals surface area (Å²) in [6, 6.07) is -1.05. The van der Waals surface area contributed by atoms with Crippen molar-refractivity contribution in [3.05, 3.63) is 85.1 Å². The maximum absolute atomic E-state index is 13.4. The number of hydrogen-bond acceptors (Lipinski definition) is 10. The van der Waals surface area contributed by atoms with E-state index in [0.717, 1.165) is 64.2 Å². The SMILES string of the molecule is CC\C=C/C=C/C=C/C=C\C=C\C=C\CCCCC(O)C(=O)NC(COC1OC(CO)C(O)C(O)C1OC(=O)CCCCCCCCCCCCCCCCCCCCCCCCCCCCC)C(O)/C=C/CCCCCCCCCCC. The first kappa shape index (κ1) is 77.9. The average molecular weight is 1170 g/mol. The number of carbonyl (C=O) groups is 2. The van der Waals surface area contributed by atoms with Crippen molar-refractivity contribution < 1.29 is 49.3 Å². The second-order valence-corrected chi connectivity index (χ2v) is 23.7. The topological polar surface area (TPSA) is 175 Å². The van der Waals surface area contributed by atoms with Gasteiger partial charge in [0, 0.05) is 6.42 Å². The van der Waals surface area contributed by atoms with E-state index in [0.29, 0.717) is 12.8 Å². The lowest BCUT2D eigenvalue weighted by Gasteiger charge is -2.41. The molecule has 1 rings (SSSR count). The number of aliphatic hydroxyl groups is 5. The van der Waals surface area contributed by atoms with Crippen LogP contribution in [-0.2, 0) is 23.8 Å². The summed E-state index contributed by atoms with van der Waals surface area (Å²) in [4.78, 5) is 26.6. The van der Waals surface area contributed by atoms with Gasteiger partial charge in [-0.1, -0.05) is 331 Å². The highest BCUT2D eigenvalue weighted by Gasteiger charge is 2.47. The Morgan fingerprint density at radius 1 is 0.482 bits per heavy atom. The van der Waals surface area contributed by atoms with Gasteiger partial charge in [-0.3, -0.25) is 9.59 Å². The van der Waals surface area contributed by atoms with Crippen LogP contribution in [0.25, 0.3) is 0 Å². The summed E-state index contributed by atoms with van der Waals surface area (Å²) in [7, 11) is 0. The minimum atomic E-state index is -1.62. The zero-order chi connectivity index (χ0) is 60.3. The molecule has 0 radical (unpaired) electrons. The van der Waals surface area contributed by atoms with Crippen LogP contribution in [0.1, 0.15) is 297 Å². The Bertz CT molecular complexity index is 1670. The number of unbranched alkanes of at least 4 members (excludes halogenated alkanes) is 37. The molecule has 0 aromatic carbocycles. The Labute approximate surface area is 508 Å². The zero-order valence-electron chi connectivity index (χ0n) is 53.3. The third-order valence-corrected chi connectivity index (χ3v) is 16.0. The minimum absolute atomic E-state index is 0.118. The van der Waals surface area contributed by atoms with Gasteiger partial charge in [-0.2, -0.15) is 0 Å². The van der Waals surface area contributed by atoms with Crippen LogP contribution >= 0.6 is 0 Å². The van der Waals surface area contributed by atoms with E-state index in [1.54, 1.807) is 6.08 Å². The lowest BCUT2D eigenvalue weighted by Crippen LogP contribution is -2.61. The van der Waals surface area contributed by atoms with Crippen molar-refractivity contribution in [1.82, 2.24) is 5.32 Å². The van der Waals surface area contributed by atoms with Crippen LogP contribution in [0, 0.1) is 0 Å². The molecule has 1 aliphatic rings. The maximum Gasteiger partial charge on any atom is 0.306 e. The molecule has 11 nitrogen and oxygen atoms in total. The van der Waals surface area contributed by atoms with E-state index in [9.17, 15) is 35.1 Å². The molecular formula is C72H127NO10. The van der Waals surface area contributed by atoms with Gasteiger partial charge in [-0.25, -0.2) is 0 Å². The summed E-state index contributed by atoms with van der Waals surface area (Å²) >= 11 is 0. The van der Waals surface area contributed by atoms with E-state index >= 15 is 0 Å². The lowest BCUT2D eigenvalue weighted by molar-refractivity contribution is -0.305. The second kappa shape index (κ2) is 59.2. The number of carbonyl (C=O) groups excluding carboxylic acids is 2. The van der Waals surface area contributed by atoms with E-state index in [1.165, 1.54) is 186 Å². The highest BCUT2D eigenvalue weighted by Crippen LogP contribution is 2.26. The normalized spacial score (nSPS) is 19.1. The van der Waals surface area contributed by atoms with Crippen molar-refractivity contribution in [2.75, 3.05) is 13.2 Å². The number of nitrogens with one attached hydrogen (secondary N) is 1. The fourth-order valence-corrected chi connectivity index (χ4v) is 10.6. The van der Waals surface area contributed by atoms with Crippen molar-refractivity contribution in [2.24, 2.45) is 0 Å². The van der Waals surface area contributed by atoms with Gasteiger partial charge in [-0.15, -0.1) is 0 Å². The third-order valence-electron chi connectivity index (χ3n) is 16.0. The number of rotatable bonds is 58. The van der Waals surface area contributed by atoms with Gasteiger partial charge in [0.15, 0.2) is 12.4 Å². The summed E-state index contributed by atoms with van der Waals surface area (Å²) < 4.78 is 17.6. The van der Waals surface area contributed by atoms with Crippen molar-refractivity contribution >= 4 is 11.9 Å². The van der Waals surface area contributed by atoms with E-state index in [4.69, 9.17) is 14.2 Å². The molecule has 83 heavy (non-hydrogen) atoms. The summed E-state index contributed by atoms with van der Waals surface area (Å²) in [5, 5.41) is 57.0. The highest BCUT2D eigenvalue weighted by molar-refractivity contribution is 5.80. The Morgan fingerprint density at radius 2 is 0.867 bits per heavy atom. The molecule has 1 amide bonds. The molecule has 1 saturated heterocycles. The molecule has 8 atom stereocenters. The van der Waals surface area contributed by atoms with Gasteiger partial charge in [0.25, 0.3) is 0 Å². The lowest BCUT2D eigenvalue weighted by atomic mass is 9.99. The molecule has 0 aromatic heterocycles. The van der Waals surface area contributed by atoms with Crippen molar-refractivity contribution in [1.29, 1.82) is 0 Å². The Morgan fingerprint density at radius 3 is 1.30 bits per heavy atom. The van der Waals surface area contributed by atoms with Crippen LogP contribution in [-0.4, -0.2) is 99.6 Å². The summed E-state index contributed by atoms with van der Waals surface area (Å²) in [6.45, 7) is 5.63. The van der Waals surface area contributed by atoms with E-state index in [1.807, 2.05) is 72.9 Å². The summed E-state index contributed by atoms with van der Waals surface area (Å²) in [5.41, 5.74) is 0. The molecule has 0 bridgehead atoms. The number of esters is 1. The number of aliphatic hydroxyl groups excluding tert-OH is 5. The Kier molecular flexibility index (Phi) is 55.5. The third kappa shape index (κ3) is 46.7. The van der Waals surface area contributed by atoms with Gasteiger partial charge in [0.1, 0.15) is 24.4 Å². The van der Waals surface area contributed by atoms with Crippen LogP contribution in [0.5, 0.6) is 0 Å². The van der Waals surface area contributed by atoms with E-state index < -0.39 is 67.4 Å². The molecule has 11 heteroatoms. The van der Waals surface area contributed by atoms with Crippen LogP contribution in [0.2, 0.25) is 0 Å². The molecule has 1 heterocycles. The molecule has 8 unspecified atom stereocenters. The first-order chi connectivity index (χ1) is 40.7. The molecule has 0 saturated carbocycles. The predicted octanol–water partition coefficient (Wildman–Crippen LogP) is 17.3. The van der Waals surface area contributed by atoms with Crippen molar-refractivity contribution in [3.63, 3.8) is 0 Å². The van der Waals surface area contributed by atoms with Gasteiger partial charge in [0.2, 0.25) is 5.91 Å². The molecule has 1 aliphatic heterocycles. The van der Waals surface area contributed by atoms with Crippen LogP contribution in [0.3, 0.4) is 0 Å². The number of allylic oxidation sites excluding steroid dienone is 13. The maximum atomic E-state index is 13.4. The van der Waals surface area contributed by atoms with E-state index in [-0.39, 0.29) is 19.4 Å². The van der Waals surface area contributed by atoms with Gasteiger partial charge in [-0.05, 0) is 44.9 Å². The fraction of sp³-hybridized carbons (Fsp3) is 0.778. The van der Waals surface area contributed by atoms with Gasteiger partial charge in [0.05, 0.1) is 25.4 Å². The molecule has 480 valence electrons. The molecule has 1 fully saturated rings. The molecule has 6 N–H and O–H groups in total.